The number of esters is 1. The van der Waals surface area contributed by atoms with Crippen molar-refractivity contribution in [3.8, 4) is 0 Å². The van der Waals surface area contributed by atoms with Crippen LogP contribution in [0.25, 0.3) is 0 Å². The summed E-state index contributed by atoms with van der Waals surface area (Å²) in [5.74, 6) is -0.0782. The van der Waals surface area contributed by atoms with E-state index in [0.717, 1.165) is 12.8 Å². The molecule has 0 radical (unpaired) electrons. The summed E-state index contributed by atoms with van der Waals surface area (Å²) in [4.78, 5) is 10.7. The van der Waals surface area contributed by atoms with Crippen molar-refractivity contribution in [3.63, 3.8) is 0 Å². The van der Waals surface area contributed by atoms with Gasteiger partial charge in [0.25, 0.3) is 0 Å². The van der Waals surface area contributed by atoms with Gasteiger partial charge in [-0.1, -0.05) is 71.3 Å². The molecule has 0 aliphatic heterocycles. The van der Waals surface area contributed by atoms with Crippen LogP contribution in [0.1, 0.15) is 90.9 Å². The first-order chi connectivity index (χ1) is 9.72. The monoisotopic (exact) mass is 284 g/mol. The van der Waals surface area contributed by atoms with Gasteiger partial charge in [-0.05, 0) is 19.3 Å². The lowest BCUT2D eigenvalue weighted by Crippen LogP contribution is -1.98. The number of unbranched alkanes of at least 4 members (excludes halogenated alkanes) is 9. The zero-order valence-corrected chi connectivity index (χ0v) is 14.1. The molecule has 0 aromatic rings. The molecular weight excluding hydrogens is 248 g/mol. The number of rotatable bonds is 12. The van der Waals surface area contributed by atoms with E-state index in [1.165, 1.54) is 64.9 Å². The van der Waals surface area contributed by atoms with Crippen molar-refractivity contribution in [2.75, 3.05) is 7.11 Å². The summed E-state index contributed by atoms with van der Waals surface area (Å²) >= 11 is 0. The highest BCUT2D eigenvalue weighted by atomic mass is 16.5. The van der Waals surface area contributed by atoms with Crippen LogP contribution in [0.15, 0.2) is 12.7 Å². The van der Waals surface area contributed by atoms with Gasteiger partial charge in [-0.3, -0.25) is 4.79 Å². The van der Waals surface area contributed by atoms with Gasteiger partial charge in [0.05, 0.1) is 7.11 Å². The van der Waals surface area contributed by atoms with Gasteiger partial charge in [-0.15, -0.1) is 6.58 Å². The van der Waals surface area contributed by atoms with Crippen LogP contribution in [0.3, 0.4) is 0 Å². The van der Waals surface area contributed by atoms with E-state index in [9.17, 15) is 4.79 Å². The fourth-order valence-corrected chi connectivity index (χ4v) is 1.87. The van der Waals surface area contributed by atoms with E-state index >= 15 is 0 Å². The van der Waals surface area contributed by atoms with Crippen molar-refractivity contribution in [1.29, 1.82) is 0 Å². The first kappa shape index (κ1) is 21.5. The summed E-state index contributed by atoms with van der Waals surface area (Å²) in [5, 5.41) is 0. The third-order valence-electron chi connectivity index (χ3n) is 3.22. The smallest absolute Gasteiger partial charge is 0.305 e. The largest absolute Gasteiger partial charge is 0.469 e. The Bertz CT molecular complexity index is 200. The van der Waals surface area contributed by atoms with E-state index in [2.05, 4.69) is 25.2 Å². The normalized spacial score (nSPS) is 9.55. The highest BCUT2D eigenvalue weighted by Gasteiger charge is 1.98. The van der Waals surface area contributed by atoms with Gasteiger partial charge in [-0.2, -0.15) is 0 Å². The summed E-state index contributed by atoms with van der Waals surface area (Å²) in [6.45, 7) is 8.09. The molecule has 0 saturated heterocycles. The van der Waals surface area contributed by atoms with Gasteiger partial charge in [0.1, 0.15) is 0 Å². The Hall–Kier alpha value is -0.790. The zero-order valence-electron chi connectivity index (χ0n) is 14.1. The number of allylic oxidation sites excluding steroid dienone is 1. The van der Waals surface area contributed by atoms with Gasteiger partial charge < -0.3 is 4.74 Å². The first-order valence-electron chi connectivity index (χ1n) is 8.40. The van der Waals surface area contributed by atoms with Gasteiger partial charge in [0, 0.05) is 6.42 Å². The lowest BCUT2D eigenvalue weighted by atomic mass is 10.1. The molecule has 20 heavy (non-hydrogen) atoms. The second-order valence-electron chi connectivity index (χ2n) is 5.23. The lowest BCUT2D eigenvalue weighted by Gasteiger charge is -1.99. The predicted molar refractivity (Wildman–Crippen MR) is 89.0 cm³/mol. The van der Waals surface area contributed by atoms with E-state index in [0.29, 0.717) is 6.42 Å². The molecule has 0 saturated carbocycles. The Kier molecular flexibility index (Phi) is 22.1. The molecule has 0 N–H and O–H groups in total. The second-order valence-corrected chi connectivity index (χ2v) is 5.23. The fraction of sp³-hybridized carbons (Fsp3) is 0.833. The number of carbonyl (C=O) groups is 1. The third kappa shape index (κ3) is 22.4. The molecule has 0 rings (SSSR count). The van der Waals surface area contributed by atoms with Crippen LogP contribution in [-0.4, -0.2) is 13.1 Å². The van der Waals surface area contributed by atoms with Crippen molar-refractivity contribution in [3.05, 3.63) is 12.7 Å². The van der Waals surface area contributed by atoms with Gasteiger partial charge in [-0.25, -0.2) is 0 Å². The summed E-state index contributed by atoms with van der Waals surface area (Å²) in [6.07, 6.45) is 16.5. The van der Waals surface area contributed by atoms with Gasteiger partial charge >= 0.3 is 5.97 Å². The second kappa shape index (κ2) is 20.5. The van der Waals surface area contributed by atoms with Crippen LogP contribution in [-0.2, 0) is 9.53 Å². The van der Waals surface area contributed by atoms with E-state index in [1.807, 2.05) is 6.08 Å². The summed E-state index contributed by atoms with van der Waals surface area (Å²) in [7, 11) is 1.44. The highest BCUT2D eigenvalue weighted by Crippen LogP contribution is 2.06. The molecule has 120 valence electrons. The Morgan fingerprint density at radius 2 is 1.40 bits per heavy atom. The van der Waals surface area contributed by atoms with Gasteiger partial charge in [0.15, 0.2) is 0 Å². The Labute approximate surface area is 127 Å². The Morgan fingerprint density at radius 1 is 0.900 bits per heavy atom. The number of ether oxygens (including phenoxy) is 1. The molecule has 0 aromatic carbocycles. The van der Waals surface area contributed by atoms with Crippen LogP contribution in [0.5, 0.6) is 0 Å². The number of methoxy groups -OCH3 is 1. The average Bonchev–Trinajstić information content (AvgIpc) is 2.47. The van der Waals surface area contributed by atoms with E-state index < -0.39 is 0 Å². The molecule has 0 aliphatic carbocycles. The van der Waals surface area contributed by atoms with Crippen LogP contribution < -0.4 is 0 Å². The first-order valence-corrected chi connectivity index (χ1v) is 8.40. The molecule has 0 spiro atoms. The van der Waals surface area contributed by atoms with Crippen LogP contribution in [0.2, 0.25) is 0 Å². The van der Waals surface area contributed by atoms with E-state index in [-0.39, 0.29) is 5.97 Å². The maximum atomic E-state index is 10.7. The topological polar surface area (TPSA) is 26.3 Å². The molecule has 2 heteroatoms. The summed E-state index contributed by atoms with van der Waals surface area (Å²) < 4.78 is 4.54. The molecule has 0 atom stereocenters. The van der Waals surface area contributed by atoms with Crippen molar-refractivity contribution >= 4 is 5.97 Å². The summed E-state index contributed by atoms with van der Waals surface area (Å²) in [6, 6.07) is 0. The standard InChI is InChI=1S/C10H20O2.C8H16/c1-3-4-5-6-7-8-9-10(11)12-2;1-3-5-7-8-6-4-2/h3-9H2,1-2H3;3H,1,4-8H2,2H3. The van der Waals surface area contributed by atoms with Crippen LogP contribution in [0.4, 0.5) is 0 Å². The van der Waals surface area contributed by atoms with Crippen LogP contribution in [0, 0.1) is 0 Å². The average molecular weight is 284 g/mol. The summed E-state index contributed by atoms with van der Waals surface area (Å²) in [5.41, 5.74) is 0. The SMILES string of the molecule is C=CCCCCCC.CCCCCCCCC(=O)OC. The minimum Gasteiger partial charge on any atom is -0.469 e. The van der Waals surface area contributed by atoms with E-state index in [4.69, 9.17) is 0 Å². The maximum Gasteiger partial charge on any atom is 0.305 e. The predicted octanol–water partition coefficient (Wildman–Crippen LogP) is 6.05. The number of hydrogen-bond donors (Lipinski definition) is 0. The minimum absolute atomic E-state index is 0.0782. The van der Waals surface area contributed by atoms with E-state index in [1.54, 1.807) is 0 Å². The zero-order chi connectivity index (χ0) is 15.5. The highest BCUT2D eigenvalue weighted by molar-refractivity contribution is 5.68. The molecule has 0 aromatic heterocycles. The molecule has 2 nitrogen and oxygen atoms in total. The minimum atomic E-state index is -0.0782. The Morgan fingerprint density at radius 3 is 1.90 bits per heavy atom. The van der Waals surface area contributed by atoms with Crippen molar-refractivity contribution < 1.29 is 9.53 Å². The van der Waals surface area contributed by atoms with Gasteiger partial charge in [0.2, 0.25) is 0 Å². The Balaban J connectivity index is 0. The molecular formula is C18H36O2. The lowest BCUT2D eigenvalue weighted by molar-refractivity contribution is -0.140. The number of carbonyl (C=O) groups excluding carboxylic acids is 1. The molecule has 0 bridgehead atoms. The molecule has 0 unspecified atom stereocenters. The van der Waals surface area contributed by atoms with Crippen molar-refractivity contribution in [2.24, 2.45) is 0 Å². The third-order valence-corrected chi connectivity index (χ3v) is 3.22. The molecule has 0 aliphatic rings. The van der Waals surface area contributed by atoms with Crippen molar-refractivity contribution in [1.82, 2.24) is 0 Å². The van der Waals surface area contributed by atoms with Crippen molar-refractivity contribution in [2.45, 2.75) is 90.9 Å². The quantitative estimate of drug-likeness (QED) is 0.247. The number of hydrogen-bond acceptors (Lipinski definition) is 2. The maximum absolute atomic E-state index is 10.7. The molecule has 0 amide bonds. The molecule has 0 fully saturated rings. The fourth-order valence-electron chi connectivity index (χ4n) is 1.87. The molecule has 0 heterocycles. The van der Waals surface area contributed by atoms with Crippen LogP contribution >= 0.6 is 0 Å².